The Morgan fingerprint density at radius 2 is 1.15 bits per heavy atom. The van der Waals surface area contributed by atoms with E-state index in [9.17, 15) is 9.59 Å². The topological polar surface area (TPSA) is 92.8 Å². The molecule has 0 amide bonds. The van der Waals surface area contributed by atoms with Crippen molar-refractivity contribution in [2.75, 3.05) is 67.0 Å². The van der Waals surface area contributed by atoms with Crippen molar-refractivity contribution in [3.8, 4) is 34.5 Å². The number of ether oxygens (including phenoxy) is 6. The second-order valence-corrected chi connectivity index (χ2v) is 19.1. The van der Waals surface area contributed by atoms with E-state index in [1.807, 2.05) is 41.3 Å². The van der Waals surface area contributed by atoms with Crippen LogP contribution in [0.25, 0.3) is 0 Å². The van der Waals surface area contributed by atoms with Gasteiger partial charge in [0.15, 0.2) is 23.0 Å². The monoisotopic (exact) mass is 1200 g/mol. The number of alkyl halides is 1. The van der Waals surface area contributed by atoms with Crippen molar-refractivity contribution in [1.82, 2.24) is 4.90 Å². The fraction of sp³-hybridized carbons (Fsp3) is 0.447. The number of hydrogen-bond acceptors (Lipinski definition) is 9. The molecule has 0 saturated heterocycles. The number of rotatable bonds is 18. The van der Waals surface area contributed by atoms with Crippen molar-refractivity contribution < 1.29 is 66.5 Å². The Labute approximate surface area is 487 Å². The summed E-state index contributed by atoms with van der Waals surface area (Å²) >= 11 is 2.15. The van der Waals surface area contributed by atoms with Crippen molar-refractivity contribution in [2.45, 2.75) is 70.9 Å². The van der Waals surface area contributed by atoms with Crippen molar-refractivity contribution in [3.63, 3.8) is 0 Å². The number of quaternary nitrogens is 1. The van der Waals surface area contributed by atoms with Gasteiger partial charge in [-0.3, -0.25) is 14.5 Å². The summed E-state index contributed by atoms with van der Waals surface area (Å²) in [5.41, 5.74) is 6.98. The van der Waals surface area contributed by atoms with E-state index in [2.05, 4.69) is 85.0 Å². The summed E-state index contributed by atoms with van der Waals surface area (Å²) in [4.78, 5) is 29.9. The summed E-state index contributed by atoms with van der Waals surface area (Å²) in [6.07, 6.45) is 1.73. The van der Waals surface area contributed by atoms with Gasteiger partial charge in [0.1, 0.15) is 17.6 Å². The van der Waals surface area contributed by atoms with E-state index in [-0.39, 0.29) is 68.6 Å². The molecule has 8 rings (SSSR count). The molecule has 4 heterocycles. The molecule has 2 atom stereocenters. The van der Waals surface area contributed by atoms with Gasteiger partial charge in [-0.2, -0.15) is 0 Å². The average Bonchev–Trinajstić information content (AvgIpc) is 4.06. The predicted molar refractivity (Wildman–Crippen MR) is 322 cm³/mol. The van der Waals surface area contributed by atoms with Crippen molar-refractivity contribution >= 4 is 141 Å². The third-order valence-electron chi connectivity index (χ3n) is 14.0. The number of aryl methyl sites for hydroxylation is 2. The highest BCUT2D eigenvalue weighted by Gasteiger charge is 2.42. The van der Waals surface area contributed by atoms with Crippen molar-refractivity contribution in [3.05, 3.63) is 106 Å². The number of fused-ring (bicyclic) bond motifs is 4. The smallest absolute Gasteiger partial charge is 0.231 e. The second kappa shape index (κ2) is 31.7. The summed E-state index contributed by atoms with van der Waals surface area (Å²) in [7, 11) is 55.6. The number of methoxy groups -OCH3 is 2. The van der Waals surface area contributed by atoms with Gasteiger partial charge in [0.2, 0.25) is 25.1 Å². The lowest BCUT2D eigenvalue weighted by Crippen LogP contribution is -3.00. The van der Waals surface area contributed by atoms with Crippen LogP contribution in [-0.4, -0.2) is 195 Å². The first kappa shape index (κ1) is 65.7. The van der Waals surface area contributed by atoms with Crippen LogP contribution in [0.2, 0.25) is 0 Å². The molecule has 4 aromatic rings. The van der Waals surface area contributed by atoms with Crippen LogP contribution < -0.4 is 52.4 Å². The molecule has 0 bridgehead atoms. The number of ketones is 2. The van der Waals surface area contributed by atoms with Crippen molar-refractivity contribution in [1.29, 1.82) is 0 Å². The minimum atomic E-state index is -0.754. The predicted octanol–water partition coefficient (Wildman–Crippen LogP) is 0.214. The number of halogens is 2. The first-order valence-corrected chi connectivity index (χ1v) is 26.5. The van der Waals surface area contributed by atoms with Crippen LogP contribution in [0, 0.1) is 0 Å². The van der Waals surface area contributed by atoms with Crippen LogP contribution >= 0.6 is 22.6 Å². The SMILES string of the molecule is C.CI.COc1c2c(cc3c1C(CC(=O)CCc1ccccc1)N(C)CC3)OCO2.COc1c2c(cc3c1C(CC(=O)CCc1ccccc1)[N+](C)(C)CC3)OCO2.[B][B]B([B])B(B([B])[B])B(B([B])[B])B([B])[B].[I-]. The number of benzene rings is 4. The van der Waals surface area contributed by atoms with Gasteiger partial charge < -0.3 is 56.9 Å². The Morgan fingerprint density at radius 3 is 1.59 bits per heavy atom. The van der Waals surface area contributed by atoms with Crippen LogP contribution in [0.15, 0.2) is 72.8 Å². The number of carbonyl (C=O) groups is 2. The number of likely N-dealkylation sites (N-methyl/N-ethyl adjacent to an activating group) is 2. The zero-order chi connectivity index (χ0) is 52.7. The Kier molecular flexibility index (Phi) is 28.1. The van der Waals surface area contributed by atoms with Gasteiger partial charge in [-0.15, -0.1) is 0 Å². The molecule has 0 N–H and O–H groups in total. The number of hydrogen-bond donors (Lipinski definition) is 0. The lowest BCUT2D eigenvalue weighted by molar-refractivity contribution is -0.922. The minimum absolute atomic E-state index is 0. The van der Waals surface area contributed by atoms with Crippen LogP contribution in [0.1, 0.15) is 78.6 Å². The average molecular weight is 1200 g/mol. The van der Waals surface area contributed by atoms with Gasteiger partial charge in [-0.05, 0) is 65.6 Å². The second-order valence-electron chi connectivity index (χ2n) is 19.1. The van der Waals surface area contributed by atoms with E-state index in [1.54, 1.807) is 14.2 Å². The number of Topliss-reactive ketones (excluding diaryl/α,β-unsaturated/α-hetero) is 2. The van der Waals surface area contributed by atoms with E-state index in [1.165, 1.54) is 29.3 Å². The van der Waals surface area contributed by atoms with Crippen LogP contribution in [-0.2, 0) is 35.3 Å². The van der Waals surface area contributed by atoms with Gasteiger partial charge in [-0.1, -0.05) is 90.7 Å². The molecule has 4 aliphatic heterocycles. The highest BCUT2D eigenvalue weighted by atomic mass is 127. The molecule has 0 fully saturated rings. The maximum absolute atomic E-state index is 12.9. The Balaban J connectivity index is 0.000000297. The summed E-state index contributed by atoms with van der Waals surface area (Å²) in [6, 6.07) is 24.5. The standard InChI is InChI=1S/C23H28NO4.C22H25NO4.CH3I.CH4.B15.HI/c1-24(2)12-11-17-13-20-22(28-15-27-20)23(26-3)21(17)19(24)14-18(25)10-9-16-7-5-4-6-8-16;1-23-11-10-16-12-19-21(27-14-26-19)22(25-2)20(16)18(23)13-17(24)9-8-15-6-4-3-5-7-15;1-2;;1-9-13(8)15(12(6)7)14(10(2)3)11(4)5;/h4-8,13,19H,9-12,14-15H2,1-3H3;3-7,12,18H,8-11,13-14H2,1-2H3;1H3;1H4;;1H/q+1;;;;;/p-1. The Hall–Kier alpha value is -2.63. The lowest BCUT2D eigenvalue weighted by atomic mass is 8.46. The fourth-order valence-corrected chi connectivity index (χ4v) is 10.1. The molecule has 4 aliphatic rings. The third kappa shape index (κ3) is 16.9. The molecule has 4 aromatic carbocycles. The molecule has 74 heavy (non-hydrogen) atoms. The minimum Gasteiger partial charge on any atom is -1.00 e. The van der Waals surface area contributed by atoms with Gasteiger partial charge >= 0.3 is 0 Å². The van der Waals surface area contributed by atoms with E-state index >= 15 is 0 Å². The van der Waals surface area contributed by atoms with E-state index < -0.39 is 38.3 Å². The normalized spacial score (nSPS) is 15.8. The zero-order valence-electron chi connectivity index (χ0n) is 43.1. The summed E-state index contributed by atoms with van der Waals surface area (Å²) < 4.78 is 34.7. The molecule has 27 heteroatoms. The van der Waals surface area contributed by atoms with E-state index in [0.717, 1.165) is 71.6 Å². The van der Waals surface area contributed by atoms with Gasteiger partial charge in [-0.25, -0.2) is 0 Å². The van der Waals surface area contributed by atoms with E-state index in [4.69, 9.17) is 90.3 Å². The number of carbonyl (C=O) groups excluding carboxylic acids is 2. The molecule has 0 saturated carbocycles. The first-order chi connectivity index (χ1) is 34.5. The molecule has 365 valence electrons. The van der Waals surface area contributed by atoms with Gasteiger partial charge in [0.05, 0.1) is 46.8 Å². The summed E-state index contributed by atoms with van der Waals surface area (Å²) in [5.74, 6) is 4.82. The molecular weight excluding hydrogens is 1140 g/mol. The third-order valence-corrected chi connectivity index (χ3v) is 14.0. The lowest BCUT2D eigenvalue weighted by Gasteiger charge is -2.43. The molecule has 2 unspecified atom stereocenters. The van der Waals surface area contributed by atoms with E-state index in [0.29, 0.717) is 42.9 Å². The molecular formula is C47H60B15I2N2O8. The molecule has 17 radical (unpaired) electrons. The molecule has 10 nitrogen and oxygen atoms in total. The Bertz CT molecular complexity index is 2380. The molecule has 0 aliphatic carbocycles. The highest BCUT2D eigenvalue weighted by Crippen LogP contribution is 2.52. The van der Waals surface area contributed by atoms with Gasteiger partial charge in [0.25, 0.3) is 0 Å². The van der Waals surface area contributed by atoms with Crippen LogP contribution in [0.3, 0.4) is 0 Å². The zero-order valence-corrected chi connectivity index (χ0v) is 47.5. The first-order valence-electron chi connectivity index (χ1n) is 24.3. The van der Waals surface area contributed by atoms with Crippen LogP contribution in [0.5, 0.6) is 34.5 Å². The van der Waals surface area contributed by atoms with Gasteiger partial charge in [0, 0.05) is 151 Å². The quantitative estimate of drug-likeness (QED) is 0.0602. The Morgan fingerprint density at radius 1 is 0.703 bits per heavy atom. The highest BCUT2D eigenvalue weighted by molar-refractivity contribution is 14.1. The van der Waals surface area contributed by atoms with Crippen LogP contribution in [0.4, 0.5) is 0 Å². The molecule has 0 aromatic heterocycles. The summed E-state index contributed by atoms with van der Waals surface area (Å²) in [5, 5.41) is 0. The number of nitrogens with zero attached hydrogens (tertiary/aromatic N) is 2. The van der Waals surface area contributed by atoms with Crippen molar-refractivity contribution in [2.24, 2.45) is 0 Å². The largest absolute Gasteiger partial charge is 1.00 e. The fourth-order valence-electron chi connectivity index (χ4n) is 10.1. The maximum Gasteiger partial charge on any atom is 0.231 e. The summed E-state index contributed by atoms with van der Waals surface area (Å²) in [6.45, 7) is 2.32. The molecule has 0 spiro atoms. The maximum atomic E-state index is 12.9.